The van der Waals surface area contributed by atoms with E-state index in [1.807, 2.05) is 78.9 Å². The first-order valence-electron chi connectivity index (χ1n) is 16.7. The molecule has 0 saturated carbocycles. The molecule has 8 rings (SSSR count). The van der Waals surface area contributed by atoms with E-state index in [4.69, 9.17) is 107 Å². The zero-order valence-corrected chi connectivity index (χ0v) is 28.9. The normalized spacial score (nSPS) is 11.6. The van der Waals surface area contributed by atoms with Crippen LogP contribution in [-0.4, -0.2) is 112 Å². The van der Waals surface area contributed by atoms with Gasteiger partial charge in [-0.05, 0) is 62.0 Å². The molecule has 0 aliphatic heterocycles. The first kappa shape index (κ1) is 36.4. The highest BCUT2D eigenvalue weighted by Gasteiger charge is 2.28. The fraction of sp³-hybridized carbons (Fsp3) is 0. The van der Waals surface area contributed by atoms with E-state index in [0.29, 0.717) is 49.4 Å². The summed E-state index contributed by atoms with van der Waals surface area (Å²) >= 11 is 0. The second kappa shape index (κ2) is 13.3. The van der Waals surface area contributed by atoms with Crippen molar-refractivity contribution in [1.29, 1.82) is 0 Å². The number of imidazole rings is 1. The third kappa shape index (κ3) is 5.17. The fourth-order valence-corrected chi connectivity index (χ4v) is 7.43. The van der Waals surface area contributed by atoms with Gasteiger partial charge in [0.25, 0.3) is 0 Å². The second-order valence-electron chi connectivity index (χ2n) is 13.2. The molecule has 0 spiro atoms. The number of benzene rings is 7. The van der Waals surface area contributed by atoms with Gasteiger partial charge in [-0.1, -0.05) is 93.4 Å². The van der Waals surface area contributed by atoms with Crippen molar-refractivity contribution in [1.82, 2.24) is 9.55 Å². The van der Waals surface area contributed by atoms with Crippen LogP contribution in [0.2, 0.25) is 0 Å². The predicted molar refractivity (Wildman–Crippen MR) is 242 cm³/mol. The van der Waals surface area contributed by atoms with E-state index in [2.05, 4.69) is 0 Å². The maximum Gasteiger partial charge on any atom is 0.144 e. The van der Waals surface area contributed by atoms with Crippen LogP contribution in [0.4, 0.5) is 0 Å². The zero-order valence-electron chi connectivity index (χ0n) is 28.9. The van der Waals surface area contributed by atoms with Crippen LogP contribution in [-0.2, 0) is 0 Å². The van der Waals surface area contributed by atoms with Gasteiger partial charge in [0.05, 0.1) is 16.7 Å². The minimum absolute atomic E-state index is 0.0280. The van der Waals surface area contributed by atoms with E-state index in [1.54, 1.807) is 4.57 Å². The maximum absolute atomic E-state index is 7.04. The van der Waals surface area contributed by atoms with Crippen LogP contribution < -0.4 is 71.0 Å². The summed E-state index contributed by atoms with van der Waals surface area (Å²) in [5.74, 6) is 0.216. The minimum Gasteiger partial charge on any atom is -0.291 e. The van der Waals surface area contributed by atoms with Crippen LogP contribution in [0, 0.1) is 0 Å². The van der Waals surface area contributed by atoms with Gasteiger partial charge < -0.3 is 0 Å². The summed E-state index contributed by atoms with van der Waals surface area (Å²) in [6.45, 7) is 0. The highest BCUT2D eigenvalue weighted by atomic mass is 15.1. The molecular formula is C39H13B13N2. The number of hydrogen-bond donors (Lipinski definition) is 0. The molecule has 0 saturated heterocycles. The Bertz CT molecular complexity index is 2810. The van der Waals surface area contributed by atoms with Crippen molar-refractivity contribution < 1.29 is 0 Å². The second-order valence-corrected chi connectivity index (χ2v) is 13.2. The van der Waals surface area contributed by atoms with Crippen molar-refractivity contribution in [3.8, 4) is 39.3 Å². The Morgan fingerprint density at radius 2 is 0.778 bits per heavy atom. The summed E-state index contributed by atoms with van der Waals surface area (Å²) in [5, 5.41) is 1.56. The van der Waals surface area contributed by atoms with Gasteiger partial charge in [0.15, 0.2) is 0 Å². The molecule has 0 bridgehead atoms. The third-order valence-electron chi connectivity index (χ3n) is 10.3. The Labute approximate surface area is 331 Å². The Kier molecular flexibility index (Phi) is 8.95. The van der Waals surface area contributed by atoms with Crippen molar-refractivity contribution in [3.63, 3.8) is 0 Å². The molecule has 26 radical (unpaired) electrons. The largest absolute Gasteiger partial charge is 0.291 e. The van der Waals surface area contributed by atoms with Crippen LogP contribution in [0.1, 0.15) is 0 Å². The lowest BCUT2D eigenvalue weighted by atomic mass is 9.60. The van der Waals surface area contributed by atoms with Crippen molar-refractivity contribution in [2.75, 3.05) is 0 Å². The molecule has 218 valence electrons. The number of hydrogen-bond acceptors (Lipinski definition) is 1. The number of para-hydroxylation sites is 2. The number of fused-ring (bicyclic) bond motifs is 3. The van der Waals surface area contributed by atoms with Crippen molar-refractivity contribution in [3.05, 3.63) is 78.9 Å². The molecule has 7 aromatic carbocycles. The molecule has 8 aromatic rings. The number of nitrogens with zero attached hydrogens (tertiary/aromatic N) is 2. The van der Waals surface area contributed by atoms with Gasteiger partial charge in [-0.15, -0.1) is 38.2 Å². The van der Waals surface area contributed by atoms with Crippen molar-refractivity contribution in [2.45, 2.75) is 0 Å². The Balaban J connectivity index is 1.69. The summed E-state index contributed by atoms with van der Waals surface area (Å²) < 4.78 is 1.78. The molecule has 1 heterocycles. The van der Waals surface area contributed by atoms with Crippen LogP contribution >= 0.6 is 0 Å². The molecule has 0 amide bonds. The lowest BCUT2D eigenvalue weighted by molar-refractivity contribution is 1.13. The Morgan fingerprint density at radius 1 is 0.352 bits per heavy atom. The van der Waals surface area contributed by atoms with Crippen LogP contribution in [0.5, 0.6) is 0 Å². The third-order valence-corrected chi connectivity index (χ3v) is 10.3. The smallest absolute Gasteiger partial charge is 0.144 e. The molecule has 2 nitrogen and oxygen atoms in total. The monoisotopic (exact) mass is 652 g/mol. The van der Waals surface area contributed by atoms with Crippen LogP contribution in [0.15, 0.2) is 78.9 Å². The van der Waals surface area contributed by atoms with Crippen LogP contribution in [0.3, 0.4) is 0 Å². The Hall–Kier alpha value is -4.63. The molecule has 54 heavy (non-hydrogen) atoms. The lowest BCUT2D eigenvalue weighted by Crippen LogP contribution is -2.55. The van der Waals surface area contributed by atoms with Crippen LogP contribution in [0.25, 0.3) is 71.9 Å². The quantitative estimate of drug-likeness (QED) is 0.138. The van der Waals surface area contributed by atoms with Gasteiger partial charge in [0.1, 0.15) is 108 Å². The zero-order chi connectivity index (χ0) is 38.5. The van der Waals surface area contributed by atoms with E-state index in [1.165, 1.54) is 0 Å². The molecule has 0 aliphatic rings. The first-order chi connectivity index (χ1) is 25.8. The molecule has 15 heteroatoms. The predicted octanol–water partition coefficient (Wildman–Crippen LogP) is -5.35. The average molecular weight is 650 g/mol. The standard InChI is InChI=1S/C39H13B13N2/c40-25-20-19(16-10-6-9-15(13-16)14-7-2-1-3-8-14)21-23(28(43)34(49)32(47)26(21)41)38(22(20)27(42)33(48)31(25)46)54-18-12-5-4-11-17(18)53-39(54)24-29(44)35(50)37(52)36(51)30(24)45/h1-13H. The van der Waals surface area contributed by atoms with E-state index in [0.717, 1.165) is 11.1 Å². The molecule has 0 atom stereocenters. The van der Waals surface area contributed by atoms with Gasteiger partial charge in [-0.3, -0.25) is 4.57 Å². The molecular weight excluding hydrogens is 637 g/mol. The SMILES string of the molecule is [B]c1c([B])c([B])c(-c2nc3ccccc3n2-c2c3c([B])c([B])c([B])c([B])c3c(-c3cccc(-c4ccccc4)c3)c3c([B])c([B])c([B])c([B])c23)c([B])c1[B]. The maximum atomic E-state index is 7.04. The number of aromatic nitrogens is 2. The van der Waals surface area contributed by atoms with E-state index < -0.39 is 0 Å². The number of rotatable bonds is 4. The Morgan fingerprint density at radius 3 is 1.33 bits per heavy atom. The molecule has 0 N–H and O–H groups in total. The molecule has 0 aliphatic carbocycles. The topological polar surface area (TPSA) is 17.8 Å². The van der Waals surface area contributed by atoms with Gasteiger partial charge in [0, 0.05) is 5.56 Å². The van der Waals surface area contributed by atoms with E-state index in [-0.39, 0.29) is 82.4 Å². The van der Waals surface area contributed by atoms with E-state index >= 15 is 0 Å². The first-order valence-corrected chi connectivity index (χ1v) is 16.7. The van der Waals surface area contributed by atoms with Crippen molar-refractivity contribution >= 4 is 206 Å². The summed E-state index contributed by atoms with van der Waals surface area (Å²) in [7, 11) is 87.0. The summed E-state index contributed by atoms with van der Waals surface area (Å²) in [5.41, 5.74) is 5.69. The summed E-state index contributed by atoms with van der Waals surface area (Å²) in [6.07, 6.45) is 0. The summed E-state index contributed by atoms with van der Waals surface area (Å²) in [6, 6.07) is 25.1. The van der Waals surface area contributed by atoms with Gasteiger partial charge in [0.2, 0.25) is 0 Å². The van der Waals surface area contributed by atoms with Gasteiger partial charge in [-0.2, -0.15) is 0 Å². The van der Waals surface area contributed by atoms with E-state index in [9.17, 15) is 0 Å². The molecule has 0 fully saturated rings. The highest BCUT2D eigenvalue weighted by Crippen LogP contribution is 2.41. The molecule has 0 unspecified atom stereocenters. The highest BCUT2D eigenvalue weighted by molar-refractivity contribution is 6.72. The molecule has 1 aromatic heterocycles. The van der Waals surface area contributed by atoms with Gasteiger partial charge >= 0.3 is 0 Å². The van der Waals surface area contributed by atoms with Gasteiger partial charge in [-0.25, -0.2) is 4.98 Å². The fourth-order valence-electron chi connectivity index (χ4n) is 7.43. The van der Waals surface area contributed by atoms with Crippen molar-refractivity contribution in [2.24, 2.45) is 0 Å². The summed E-state index contributed by atoms with van der Waals surface area (Å²) in [4.78, 5) is 5.01. The lowest BCUT2D eigenvalue weighted by Gasteiger charge is -2.30. The average Bonchev–Trinajstić information content (AvgIpc) is 3.56. The minimum atomic E-state index is 0.0280.